The van der Waals surface area contributed by atoms with Gasteiger partial charge in [-0.05, 0) is 24.8 Å². The van der Waals surface area contributed by atoms with E-state index in [1.54, 1.807) is 7.11 Å². The highest BCUT2D eigenvalue weighted by Crippen LogP contribution is 2.21. The van der Waals surface area contributed by atoms with Gasteiger partial charge in [-0.2, -0.15) is 0 Å². The third-order valence-corrected chi connectivity index (χ3v) is 4.25. The Hall–Kier alpha value is -1.59. The Labute approximate surface area is 132 Å². The summed E-state index contributed by atoms with van der Waals surface area (Å²) in [5, 5.41) is 15.2. The minimum atomic E-state index is -0.198. The van der Waals surface area contributed by atoms with Gasteiger partial charge < -0.3 is 20.5 Å². The largest absolute Gasteiger partial charge is 0.396 e. The Morgan fingerprint density at radius 1 is 1.32 bits per heavy atom. The fourth-order valence-electron chi connectivity index (χ4n) is 3.05. The van der Waals surface area contributed by atoms with Gasteiger partial charge in [0.2, 0.25) is 0 Å². The summed E-state index contributed by atoms with van der Waals surface area (Å²) in [4.78, 5) is 12.3. The van der Waals surface area contributed by atoms with Crippen LogP contribution in [0.1, 0.15) is 43.7 Å². The number of methoxy groups -OCH3 is 1. The summed E-state index contributed by atoms with van der Waals surface area (Å²) in [6, 6.07) is 9.39. The first-order valence-electron chi connectivity index (χ1n) is 8.00. The number of carbonyl (C=O) groups excluding carboxylic acids is 1. The topological polar surface area (TPSA) is 70.6 Å². The van der Waals surface area contributed by atoms with Gasteiger partial charge in [0.1, 0.15) is 0 Å². The van der Waals surface area contributed by atoms with Crippen LogP contribution in [0.4, 0.5) is 4.79 Å². The molecule has 1 fully saturated rings. The number of urea groups is 1. The predicted molar refractivity (Wildman–Crippen MR) is 85.6 cm³/mol. The lowest BCUT2D eigenvalue weighted by molar-refractivity contribution is 0.0450. The van der Waals surface area contributed by atoms with E-state index in [4.69, 9.17) is 4.74 Å². The molecule has 0 heterocycles. The number of amides is 2. The average Bonchev–Trinajstić information content (AvgIpc) is 2.56. The molecule has 5 nitrogen and oxygen atoms in total. The fourth-order valence-corrected chi connectivity index (χ4v) is 3.05. The van der Waals surface area contributed by atoms with Crippen LogP contribution >= 0.6 is 0 Å². The smallest absolute Gasteiger partial charge is 0.315 e. The lowest BCUT2D eigenvalue weighted by Crippen LogP contribution is -2.50. The number of benzene rings is 1. The van der Waals surface area contributed by atoms with Crippen molar-refractivity contribution in [3.05, 3.63) is 35.9 Å². The van der Waals surface area contributed by atoms with E-state index in [1.165, 1.54) is 0 Å². The molecule has 1 aliphatic rings. The second-order valence-corrected chi connectivity index (χ2v) is 5.76. The van der Waals surface area contributed by atoms with Crippen molar-refractivity contribution in [3.63, 3.8) is 0 Å². The standard InChI is InChI=1S/C17H26N2O3/c1-22-16-10-6-5-9-15(16)19-17(21)18-14(11-12-20)13-7-3-2-4-8-13/h2-4,7-8,14-16,20H,5-6,9-12H2,1H3,(H2,18,19,21)/t14-,15-,16+/m1/s1. The minimum absolute atomic E-state index is 0.0317. The molecule has 0 unspecified atom stereocenters. The summed E-state index contributed by atoms with van der Waals surface area (Å²) in [7, 11) is 1.70. The molecule has 1 aromatic rings. The molecule has 5 heteroatoms. The van der Waals surface area contributed by atoms with E-state index in [2.05, 4.69) is 10.6 Å². The van der Waals surface area contributed by atoms with Gasteiger partial charge in [-0.15, -0.1) is 0 Å². The van der Waals surface area contributed by atoms with E-state index in [0.29, 0.717) is 6.42 Å². The van der Waals surface area contributed by atoms with E-state index >= 15 is 0 Å². The molecule has 0 spiro atoms. The third kappa shape index (κ3) is 4.71. The van der Waals surface area contributed by atoms with Crippen molar-refractivity contribution in [3.8, 4) is 0 Å². The van der Waals surface area contributed by atoms with Gasteiger partial charge in [0.25, 0.3) is 0 Å². The van der Waals surface area contributed by atoms with E-state index in [-0.39, 0.29) is 30.8 Å². The molecule has 0 aromatic heterocycles. The van der Waals surface area contributed by atoms with Crippen molar-refractivity contribution in [1.82, 2.24) is 10.6 Å². The number of aliphatic hydroxyl groups is 1. The Balaban J connectivity index is 1.93. The van der Waals surface area contributed by atoms with Gasteiger partial charge in [0, 0.05) is 13.7 Å². The molecular formula is C17H26N2O3. The molecule has 2 rings (SSSR count). The number of hydrogen-bond donors (Lipinski definition) is 3. The van der Waals surface area contributed by atoms with Crippen molar-refractivity contribution < 1.29 is 14.6 Å². The lowest BCUT2D eigenvalue weighted by Gasteiger charge is -2.31. The third-order valence-electron chi connectivity index (χ3n) is 4.25. The van der Waals surface area contributed by atoms with Crippen LogP contribution in [0.15, 0.2) is 30.3 Å². The average molecular weight is 306 g/mol. The van der Waals surface area contributed by atoms with Gasteiger partial charge in [0.05, 0.1) is 18.2 Å². The molecule has 22 heavy (non-hydrogen) atoms. The molecule has 0 bridgehead atoms. The van der Waals surface area contributed by atoms with Gasteiger partial charge in [-0.25, -0.2) is 4.79 Å². The van der Waals surface area contributed by atoms with Gasteiger partial charge >= 0.3 is 6.03 Å². The maximum atomic E-state index is 12.3. The van der Waals surface area contributed by atoms with Crippen LogP contribution in [0.3, 0.4) is 0 Å². The molecule has 0 radical (unpaired) electrons. The fraction of sp³-hybridized carbons (Fsp3) is 0.588. The van der Waals surface area contributed by atoms with Gasteiger partial charge in [0.15, 0.2) is 0 Å². The van der Waals surface area contributed by atoms with Gasteiger partial charge in [-0.3, -0.25) is 0 Å². The molecule has 122 valence electrons. The first-order chi connectivity index (χ1) is 10.7. The molecule has 3 atom stereocenters. The highest BCUT2D eigenvalue weighted by atomic mass is 16.5. The number of ether oxygens (including phenoxy) is 1. The van der Waals surface area contributed by atoms with E-state index in [0.717, 1.165) is 31.2 Å². The number of aliphatic hydroxyl groups excluding tert-OH is 1. The van der Waals surface area contributed by atoms with E-state index in [9.17, 15) is 9.90 Å². The summed E-state index contributed by atoms with van der Waals surface area (Å²) in [6.45, 7) is 0.0317. The second kappa shape index (κ2) is 8.76. The van der Waals surface area contributed by atoms with E-state index < -0.39 is 0 Å². The Morgan fingerprint density at radius 3 is 2.73 bits per heavy atom. The maximum Gasteiger partial charge on any atom is 0.315 e. The zero-order chi connectivity index (χ0) is 15.8. The maximum absolute atomic E-state index is 12.3. The van der Waals surface area contributed by atoms with Crippen molar-refractivity contribution >= 4 is 6.03 Å². The number of rotatable bonds is 6. The summed E-state index contributed by atoms with van der Waals surface area (Å²) in [6.07, 6.45) is 4.78. The Bertz CT molecular complexity index is 452. The van der Waals surface area contributed by atoms with Crippen molar-refractivity contribution in [2.45, 2.75) is 50.3 Å². The van der Waals surface area contributed by atoms with Crippen molar-refractivity contribution in [2.24, 2.45) is 0 Å². The zero-order valence-corrected chi connectivity index (χ0v) is 13.1. The van der Waals surface area contributed by atoms with Crippen LogP contribution in [0.2, 0.25) is 0 Å². The first-order valence-corrected chi connectivity index (χ1v) is 8.00. The van der Waals surface area contributed by atoms with Crippen LogP contribution in [-0.2, 0) is 4.74 Å². The van der Waals surface area contributed by atoms with Crippen LogP contribution in [0.25, 0.3) is 0 Å². The molecule has 2 amide bonds. The van der Waals surface area contributed by atoms with Gasteiger partial charge in [-0.1, -0.05) is 43.2 Å². The Kier molecular flexibility index (Phi) is 6.68. The molecule has 1 saturated carbocycles. The molecular weight excluding hydrogens is 280 g/mol. The molecule has 0 saturated heterocycles. The van der Waals surface area contributed by atoms with Crippen molar-refractivity contribution in [1.29, 1.82) is 0 Å². The minimum Gasteiger partial charge on any atom is -0.396 e. The monoisotopic (exact) mass is 306 g/mol. The molecule has 1 aromatic carbocycles. The summed E-state index contributed by atoms with van der Waals surface area (Å²) in [5.41, 5.74) is 0.999. The normalized spacial score (nSPS) is 22.8. The van der Waals surface area contributed by atoms with Crippen LogP contribution in [-0.4, -0.2) is 37.0 Å². The predicted octanol–water partition coefficient (Wildman–Crippen LogP) is 2.37. The van der Waals surface area contributed by atoms with Crippen molar-refractivity contribution in [2.75, 3.05) is 13.7 Å². The zero-order valence-electron chi connectivity index (χ0n) is 13.1. The number of carbonyl (C=O) groups is 1. The van der Waals surface area contributed by atoms with E-state index in [1.807, 2.05) is 30.3 Å². The summed E-state index contributed by atoms with van der Waals surface area (Å²) >= 11 is 0. The Morgan fingerprint density at radius 2 is 2.05 bits per heavy atom. The molecule has 0 aliphatic heterocycles. The van der Waals surface area contributed by atoms with Crippen LogP contribution < -0.4 is 10.6 Å². The highest BCUT2D eigenvalue weighted by molar-refractivity contribution is 5.74. The summed E-state index contributed by atoms with van der Waals surface area (Å²) in [5.74, 6) is 0. The summed E-state index contributed by atoms with van der Waals surface area (Å²) < 4.78 is 5.46. The number of hydrogen-bond acceptors (Lipinski definition) is 3. The lowest BCUT2D eigenvalue weighted by atomic mass is 9.92. The SMILES string of the molecule is CO[C@H]1CCCC[C@H]1NC(=O)N[C@H](CCO)c1ccccc1. The molecule has 3 N–H and O–H groups in total. The van der Waals surface area contributed by atoms with Crippen LogP contribution in [0, 0.1) is 0 Å². The second-order valence-electron chi connectivity index (χ2n) is 5.76. The first kappa shape index (κ1) is 16.8. The van der Waals surface area contributed by atoms with Crippen LogP contribution in [0.5, 0.6) is 0 Å². The quantitative estimate of drug-likeness (QED) is 0.755. The molecule has 1 aliphatic carbocycles. The highest BCUT2D eigenvalue weighted by Gasteiger charge is 2.26. The number of nitrogens with one attached hydrogen (secondary N) is 2.